The number of benzene rings is 2. The highest BCUT2D eigenvalue weighted by molar-refractivity contribution is 7.87. The molecule has 0 saturated heterocycles. The Balaban J connectivity index is 1.71. The highest BCUT2D eigenvalue weighted by atomic mass is 32.2. The first kappa shape index (κ1) is 19.6. The first-order valence-corrected chi connectivity index (χ1v) is 11.1. The maximum Gasteiger partial charge on any atom is 0.311 e. The van der Waals surface area contributed by atoms with Gasteiger partial charge in [0, 0.05) is 18.7 Å². The van der Waals surface area contributed by atoms with Gasteiger partial charge in [0.1, 0.15) is 11.5 Å². The van der Waals surface area contributed by atoms with E-state index in [2.05, 4.69) is 29.1 Å². The normalized spacial score (nSPS) is 15.1. The largest absolute Gasteiger partial charge is 0.361 e. The van der Waals surface area contributed by atoms with Gasteiger partial charge in [-0.1, -0.05) is 49.4 Å². The topological polar surface area (TPSA) is 64.4 Å². The average molecular weight is 415 g/mol. The van der Waals surface area contributed by atoms with Gasteiger partial charge in [-0.2, -0.15) is 18.2 Å². The molecule has 0 saturated carbocycles. The molecule has 3 aromatic rings. The molecule has 0 atom stereocenters. The summed E-state index contributed by atoms with van der Waals surface area (Å²) in [4.78, 5) is 2.20. The van der Waals surface area contributed by atoms with Crippen LogP contribution in [-0.2, 0) is 29.6 Å². The minimum absolute atomic E-state index is 0.0899. The molecule has 0 N–H and O–H groups in total. The van der Waals surface area contributed by atoms with E-state index in [9.17, 15) is 12.8 Å². The predicted octanol–water partition coefficient (Wildman–Crippen LogP) is 3.30. The molecule has 0 bridgehead atoms. The minimum Gasteiger partial charge on any atom is -0.361 e. The van der Waals surface area contributed by atoms with Gasteiger partial charge < -0.3 is 4.18 Å². The van der Waals surface area contributed by atoms with Gasteiger partial charge in [-0.05, 0) is 30.7 Å². The predicted molar refractivity (Wildman–Crippen MR) is 108 cm³/mol. The van der Waals surface area contributed by atoms with Crippen LogP contribution in [0.1, 0.15) is 23.7 Å². The molecule has 29 heavy (non-hydrogen) atoms. The summed E-state index contributed by atoms with van der Waals surface area (Å²) >= 11 is 0. The third-order valence-corrected chi connectivity index (χ3v) is 6.09. The average Bonchev–Trinajstić information content (AvgIpc) is 3.04. The van der Waals surface area contributed by atoms with Gasteiger partial charge in [0.2, 0.25) is 5.88 Å². The maximum atomic E-state index is 14.4. The molecule has 6 nitrogen and oxygen atoms in total. The zero-order valence-corrected chi connectivity index (χ0v) is 16.9. The fourth-order valence-corrected chi connectivity index (χ4v) is 4.40. The van der Waals surface area contributed by atoms with Crippen LogP contribution in [0.2, 0.25) is 0 Å². The van der Waals surface area contributed by atoms with Crippen molar-refractivity contribution in [1.82, 2.24) is 14.7 Å². The van der Waals surface area contributed by atoms with Crippen LogP contribution in [0.3, 0.4) is 0 Å². The van der Waals surface area contributed by atoms with Crippen molar-refractivity contribution in [3.63, 3.8) is 0 Å². The summed E-state index contributed by atoms with van der Waals surface area (Å²) in [6, 6.07) is 16.2. The molecule has 0 aliphatic carbocycles. The van der Waals surface area contributed by atoms with E-state index in [4.69, 9.17) is 4.18 Å². The van der Waals surface area contributed by atoms with Crippen molar-refractivity contribution >= 4 is 10.1 Å². The number of hydrogen-bond acceptors (Lipinski definition) is 5. The number of aromatic nitrogens is 2. The summed E-state index contributed by atoms with van der Waals surface area (Å²) in [5, 5.41) is 4.56. The molecule has 0 spiro atoms. The van der Waals surface area contributed by atoms with Crippen LogP contribution >= 0.6 is 0 Å². The van der Waals surface area contributed by atoms with Crippen molar-refractivity contribution in [3.8, 4) is 11.6 Å². The van der Waals surface area contributed by atoms with E-state index in [1.807, 2.05) is 18.2 Å². The molecular formula is C21H22FN3O3S. The molecule has 0 unspecified atom stereocenters. The fourth-order valence-electron chi connectivity index (χ4n) is 3.45. The summed E-state index contributed by atoms with van der Waals surface area (Å²) in [5.74, 6) is -0.513. The van der Waals surface area contributed by atoms with E-state index in [0.717, 1.165) is 18.7 Å². The molecule has 152 valence electrons. The Morgan fingerprint density at radius 1 is 1.10 bits per heavy atom. The van der Waals surface area contributed by atoms with Crippen molar-refractivity contribution in [1.29, 1.82) is 0 Å². The first-order chi connectivity index (χ1) is 14.0. The Kier molecular flexibility index (Phi) is 5.38. The van der Waals surface area contributed by atoms with E-state index < -0.39 is 15.9 Å². The smallest absolute Gasteiger partial charge is 0.311 e. The second-order valence-corrected chi connectivity index (χ2v) is 8.67. The molecule has 1 aromatic heterocycles. The van der Waals surface area contributed by atoms with Crippen molar-refractivity contribution in [2.24, 2.45) is 0 Å². The minimum atomic E-state index is -3.71. The molecule has 0 radical (unpaired) electrons. The lowest BCUT2D eigenvalue weighted by molar-refractivity contribution is 0.267. The van der Waals surface area contributed by atoms with Crippen LogP contribution in [0, 0.1) is 5.82 Å². The quantitative estimate of drug-likeness (QED) is 0.578. The summed E-state index contributed by atoms with van der Waals surface area (Å²) in [5.41, 5.74) is 2.76. The van der Waals surface area contributed by atoms with Gasteiger partial charge in [0.05, 0.1) is 11.4 Å². The molecule has 1 aliphatic heterocycles. The van der Waals surface area contributed by atoms with Crippen LogP contribution in [-0.4, -0.2) is 35.4 Å². The van der Waals surface area contributed by atoms with Crippen LogP contribution in [0.4, 0.5) is 4.39 Å². The van der Waals surface area contributed by atoms with E-state index >= 15 is 0 Å². The lowest BCUT2D eigenvalue weighted by Crippen LogP contribution is -2.25. The number of fused-ring (bicyclic) bond motifs is 1. The molecule has 1 aliphatic rings. The molecule has 0 fully saturated rings. The molecular weight excluding hydrogens is 393 g/mol. The monoisotopic (exact) mass is 415 g/mol. The van der Waals surface area contributed by atoms with Gasteiger partial charge in [-0.3, -0.25) is 4.90 Å². The summed E-state index contributed by atoms with van der Waals surface area (Å²) < 4.78 is 45.0. The van der Waals surface area contributed by atoms with Crippen LogP contribution < -0.4 is 4.18 Å². The van der Waals surface area contributed by atoms with Crippen LogP contribution in [0.25, 0.3) is 5.69 Å². The van der Waals surface area contributed by atoms with Crippen molar-refractivity contribution in [3.05, 3.63) is 77.2 Å². The van der Waals surface area contributed by atoms with Crippen LogP contribution in [0.15, 0.2) is 54.6 Å². The zero-order chi connectivity index (χ0) is 20.4. The Hall–Kier alpha value is -2.71. The first-order valence-electron chi connectivity index (χ1n) is 9.51. The van der Waals surface area contributed by atoms with E-state index in [0.29, 0.717) is 18.7 Å². The number of para-hydroxylation sites is 1. The molecule has 2 heterocycles. The van der Waals surface area contributed by atoms with Gasteiger partial charge in [-0.25, -0.2) is 4.39 Å². The van der Waals surface area contributed by atoms with Crippen molar-refractivity contribution < 1.29 is 17.0 Å². The summed E-state index contributed by atoms with van der Waals surface area (Å²) in [6.07, 6.45) is 0.296. The Bertz CT molecular complexity index is 1110. The van der Waals surface area contributed by atoms with Crippen molar-refractivity contribution in [2.75, 3.05) is 12.3 Å². The van der Waals surface area contributed by atoms with Gasteiger partial charge in [0.15, 0.2) is 0 Å². The fraction of sp³-hybridized carbons (Fsp3) is 0.286. The SMILES string of the molecule is CCN(Cc1ccccc1)Cc1nn(-c2ccccc2F)c2c1CCS(=O)(=O)O2. The number of rotatable bonds is 6. The molecule has 0 amide bonds. The van der Waals surface area contributed by atoms with Gasteiger partial charge in [-0.15, -0.1) is 0 Å². The highest BCUT2D eigenvalue weighted by Gasteiger charge is 2.31. The molecule has 4 rings (SSSR count). The third kappa shape index (κ3) is 4.18. The van der Waals surface area contributed by atoms with Gasteiger partial charge >= 0.3 is 10.1 Å². The van der Waals surface area contributed by atoms with Gasteiger partial charge in [0.25, 0.3) is 0 Å². The zero-order valence-electron chi connectivity index (χ0n) is 16.1. The molecule has 2 aromatic carbocycles. The summed E-state index contributed by atoms with van der Waals surface area (Å²) in [7, 11) is -3.71. The second kappa shape index (κ2) is 7.96. The lowest BCUT2D eigenvalue weighted by Gasteiger charge is -2.20. The Morgan fingerprint density at radius 2 is 1.83 bits per heavy atom. The van der Waals surface area contributed by atoms with E-state index in [1.165, 1.54) is 16.3 Å². The maximum absolute atomic E-state index is 14.4. The van der Waals surface area contributed by atoms with Crippen LogP contribution in [0.5, 0.6) is 5.88 Å². The van der Waals surface area contributed by atoms with E-state index in [-0.39, 0.29) is 17.3 Å². The molecule has 8 heteroatoms. The lowest BCUT2D eigenvalue weighted by atomic mass is 10.1. The highest BCUT2D eigenvalue weighted by Crippen LogP contribution is 2.33. The van der Waals surface area contributed by atoms with Crippen molar-refractivity contribution in [2.45, 2.75) is 26.4 Å². The number of nitrogens with zero attached hydrogens (tertiary/aromatic N) is 3. The summed E-state index contributed by atoms with van der Waals surface area (Å²) in [6.45, 7) is 4.09. The second-order valence-electron chi connectivity index (χ2n) is 6.98. The standard InChI is InChI=1S/C21H22FN3O3S/c1-2-24(14-16-8-4-3-5-9-16)15-19-17-12-13-29(26,27)28-21(17)25(23-19)20-11-7-6-10-18(20)22/h3-11H,2,12-15H2,1H3. The number of hydrogen-bond donors (Lipinski definition) is 0. The van der Waals surface area contributed by atoms with E-state index in [1.54, 1.807) is 18.2 Å². The number of halogens is 1. The Labute approximate surface area is 169 Å². The third-order valence-electron chi connectivity index (χ3n) is 4.98. The Morgan fingerprint density at radius 3 is 2.55 bits per heavy atom.